The van der Waals surface area contributed by atoms with Crippen molar-refractivity contribution in [1.29, 1.82) is 0 Å². The highest BCUT2D eigenvalue weighted by molar-refractivity contribution is 6.34. The summed E-state index contributed by atoms with van der Waals surface area (Å²) >= 11 is 0. The summed E-state index contributed by atoms with van der Waals surface area (Å²) in [5.41, 5.74) is -0.0210. The number of amides is 2. The van der Waals surface area contributed by atoms with Crippen molar-refractivity contribution in [3.8, 4) is 0 Å². The Morgan fingerprint density at radius 2 is 1.38 bits per heavy atom. The maximum atomic E-state index is 12.7. The largest absolute Gasteiger partial charge is 0.443 e. The van der Waals surface area contributed by atoms with Crippen LogP contribution in [0.1, 0.15) is 61.0 Å². The van der Waals surface area contributed by atoms with Crippen LogP contribution in [0.25, 0.3) is 10.8 Å². The number of benzene rings is 1. The van der Waals surface area contributed by atoms with Crippen LogP contribution in [0.4, 0.5) is 15.4 Å². The first-order valence-corrected chi connectivity index (χ1v) is 9.69. The van der Waals surface area contributed by atoms with Gasteiger partial charge in [-0.1, -0.05) is 37.0 Å². The first kappa shape index (κ1) is 24.5. The van der Waals surface area contributed by atoms with Crippen molar-refractivity contribution in [3.63, 3.8) is 0 Å². The number of imide groups is 1. The minimum Gasteiger partial charge on any atom is -0.443 e. The van der Waals surface area contributed by atoms with E-state index in [1.807, 2.05) is 26.8 Å². The fourth-order valence-electron chi connectivity index (χ4n) is 2.31. The summed E-state index contributed by atoms with van der Waals surface area (Å²) < 4.78 is 10.7. The van der Waals surface area contributed by atoms with E-state index < -0.39 is 23.4 Å². The Hall–Kier alpha value is -2.57. The van der Waals surface area contributed by atoms with Gasteiger partial charge in [0.2, 0.25) is 0 Å². The minimum atomic E-state index is -0.851. The van der Waals surface area contributed by atoms with E-state index in [0.717, 1.165) is 21.2 Å². The lowest BCUT2D eigenvalue weighted by molar-refractivity contribution is 0.0429. The molecule has 0 fully saturated rings. The molecule has 0 bridgehead atoms. The molecule has 0 saturated heterocycles. The van der Waals surface area contributed by atoms with Crippen molar-refractivity contribution in [1.82, 2.24) is 4.98 Å². The normalized spacial score (nSPS) is 11.3. The molecule has 0 saturated carbocycles. The number of anilines is 1. The van der Waals surface area contributed by atoms with Gasteiger partial charge in [-0.05, 0) is 65.3 Å². The molecule has 0 aliphatic rings. The van der Waals surface area contributed by atoms with Crippen LogP contribution < -0.4 is 10.4 Å². The van der Waals surface area contributed by atoms with Crippen LogP contribution in [0.3, 0.4) is 0 Å². The molecule has 6 nitrogen and oxygen atoms in total. The quantitative estimate of drug-likeness (QED) is 0.630. The number of hydrogen-bond donors (Lipinski definition) is 0. The number of pyridine rings is 1. The summed E-state index contributed by atoms with van der Waals surface area (Å²) in [5.74, 6) is 0.121. The van der Waals surface area contributed by atoms with Crippen LogP contribution in [-0.4, -0.2) is 36.2 Å². The van der Waals surface area contributed by atoms with E-state index in [4.69, 9.17) is 17.3 Å². The van der Waals surface area contributed by atoms with Gasteiger partial charge >= 0.3 is 12.2 Å². The van der Waals surface area contributed by atoms with Gasteiger partial charge in [-0.2, -0.15) is 4.90 Å². The number of aromatic nitrogens is 1. The average molecular weight is 398 g/mol. The number of carbonyl (C=O) groups is 2. The van der Waals surface area contributed by atoms with Crippen LogP contribution in [0.5, 0.6) is 0 Å². The van der Waals surface area contributed by atoms with Crippen molar-refractivity contribution in [2.24, 2.45) is 0 Å². The zero-order valence-corrected chi connectivity index (χ0v) is 18.9. The molecule has 0 aliphatic heterocycles. The molecule has 2 radical (unpaired) electrons. The maximum Gasteiger partial charge on any atom is 0.425 e. The smallest absolute Gasteiger partial charge is 0.425 e. The standard InChI is InChI=1S/C20H25BN2O4.C2H6/c1-12-8-13-10-16(22-11-14(13)9-15(12)21)23(17(24)26-19(2,3)4)18(25)27-20(5,6)7;1-2/h8-11H,1-7H3;1-2H3. The molecule has 2 rings (SSSR count). The monoisotopic (exact) mass is 398 g/mol. The van der Waals surface area contributed by atoms with E-state index in [9.17, 15) is 9.59 Å². The number of aryl methyl sites for hydroxylation is 1. The average Bonchev–Trinajstić information content (AvgIpc) is 2.55. The van der Waals surface area contributed by atoms with Gasteiger partial charge in [-0.25, -0.2) is 14.6 Å². The van der Waals surface area contributed by atoms with Crippen LogP contribution in [0, 0.1) is 6.92 Å². The van der Waals surface area contributed by atoms with E-state index in [1.54, 1.807) is 59.9 Å². The number of fused-ring (bicyclic) bond motifs is 1. The molecule has 1 aromatic heterocycles. The van der Waals surface area contributed by atoms with Gasteiger partial charge < -0.3 is 9.47 Å². The maximum absolute atomic E-state index is 12.7. The van der Waals surface area contributed by atoms with Gasteiger partial charge in [-0.15, -0.1) is 0 Å². The van der Waals surface area contributed by atoms with Crippen molar-refractivity contribution in [2.45, 2.75) is 73.5 Å². The van der Waals surface area contributed by atoms with Crippen molar-refractivity contribution in [3.05, 3.63) is 30.0 Å². The summed E-state index contributed by atoms with van der Waals surface area (Å²) in [5, 5.41) is 1.60. The Balaban J connectivity index is 0.00000204. The SMILES string of the molecule is CC.[B]c1cc2cnc(N(C(=O)OC(C)(C)C)C(=O)OC(C)(C)C)cc2cc1C. The van der Waals surface area contributed by atoms with Gasteiger partial charge in [0.25, 0.3) is 0 Å². The first-order chi connectivity index (χ1) is 13.3. The lowest BCUT2D eigenvalue weighted by Gasteiger charge is -2.28. The second-order valence-electron chi connectivity index (χ2n) is 8.39. The summed E-state index contributed by atoms with van der Waals surface area (Å²) in [6, 6.07) is 5.31. The molecular weight excluding hydrogens is 367 g/mol. The fraction of sp³-hybridized carbons (Fsp3) is 0.500. The Morgan fingerprint density at radius 1 is 0.897 bits per heavy atom. The van der Waals surface area contributed by atoms with Gasteiger partial charge in [0.05, 0.1) is 0 Å². The third-order valence-corrected chi connectivity index (χ3v) is 3.47. The predicted octanol–water partition coefficient (Wildman–Crippen LogP) is 5.04. The topological polar surface area (TPSA) is 68.7 Å². The summed E-state index contributed by atoms with van der Waals surface area (Å²) in [7, 11) is 5.93. The highest BCUT2D eigenvalue weighted by Crippen LogP contribution is 2.24. The molecule has 2 amide bonds. The number of carbonyl (C=O) groups excluding carboxylic acids is 2. The molecule has 0 N–H and O–H groups in total. The third-order valence-electron chi connectivity index (χ3n) is 3.47. The van der Waals surface area contributed by atoms with Crippen LogP contribution >= 0.6 is 0 Å². The predicted molar refractivity (Wildman–Crippen MR) is 118 cm³/mol. The third kappa shape index (κ3) is 7.07. The number of hydrogen-bond acceptors (Lipinski definition) is 5. The molecule has 1 heterocycles. The van der Waals surface area contributed by atoms with Gasteiger partial charge in [0.15, 0.2) is 0 Å². The van der Waals surface area contributed by atoms with Gasteiger partial charge in [0, 0.05) is 6.20 Å². The second-order valence-corrected chi connectivity index (χ2v) is 8.39. The van der Waals surface area contributed by atoms with Crippen molar-refractivity contribution < 1.29 is 19.1 Å². The Kier molecular flexibility index (Phi) is 7.84. The summed E-state index contributed by atoms with van der Waals surface area (Å²) in [4.78, 5) is 30.4. The number of ether oxygens (including phenoxy) is 2. The molecular formula is C22H31BN2O4. The highest BCUT2D eigenvalue weighted by Gasteiger charge is 2.33. The second kappa shape index (κ2) is 9.29. The lowest BCUT2D eigenvalue weighted by atomic mass is 9.89. The highest BCUT2D eigenvalue weighted by atomic mass is 16.6. The van der Waals surface area contributed by atoms with Gasteiger partial charge in [-0.3, -0.25) is 0 Å². The Bertz CT molecular complexity index is 855. The minimum absolute atomic E-state index is 0.121. The zero-order chi connectivity index (χ0) is 22.6. The number of nitrogens with zero attached hydrogens (tertiary/aromatic N) is 2. The molecule has 29 heavy (non-hydrogen) atoms. The fourth-order valence-corrected chi connectivity index (χ4v) is 2.31. The molecule has 0 atom stereocenters. The Morgan fingerprint density at radius 3 is 1.83 bits per heavy atom. The lowest BCUT2D eigenvalue weighted by Crippen LogP contribution is -2.44. The Labute approximate surface area is 175 Å². The molecule has 0 unspecified atom stereocenters. The van der Waals surface area contributed by atoms with Crippen molar-refractivity contribution in [2.75, 3.05) is 4.90 Å². The molecule has 7 heteroatoms. The molecule has 0 spiro atoms. The summed E-state index contributed by atoms with van der Waals surface area (Å²) in [6.45, 7) is 16.2. The number of rotatable bonds is 1. The molecule has 2 aromatic rings. The molecule has 0 aliphatic carbocycles. The first-order valence-electron chi connectivity index (χ1n) is 9.69. The summed E-state index contributed by atoms with van der Waals surface area (Å²) in [6.07, 6.45) is -0.145. The van der Waals surface area contributed by atoms with Crippen LogP contribution in [0.15, 0.2) is 24.4 Å². The van der Waals surface area contributed by atoms with E-state index in [2.05, 4.69) is 4.98 Å². The van der Waals surface area contributed by atoms with E-state index >= 15 is 0 Å². The van der Waals surface area contributed by atoms with Crippen LogP contribution in [-0.2, 0) is 9.47 Å². The van der Waals surface area contributed by atoms with Crippen LogP contribution in [0.2, 0.25) is 0 Å². The molecule has 156 valence electrons. The van der Waals surface area contributed by atoms with E-state index in [-0.39, 0.29) is 5.82 Å². The van der Waals surface area contributed by atoms with E-state index in [1.165, 1.54) is 0 Å². The van der Waals surface area contributed by atoms with Gasteiger partial charge in [0.1, 0.15) is 24.9 Å². The van der Waals surface area contributed by atoms with Crippen molar-refractivity contribution >= 4 is 42.1 Å². The molecule has 1 aromatic carbocycles. The zero-order valence-electron chi connectivity index (χ0n) is 18.9. The van der Waals surface area contributed by atoms with E-state index in [0.29, 0.717) is 5.46 Å².